The summed E-state index contributed by atoms with van der Waals surface area (Å²) < 4.78 is 0. The van der Waals surface area contributed by atoms with Gasteiger partial charge in [0.05, 0.1) is 0 Å². The maximum Gasteiger partial charge on any atom is 0.0213 e. The average Bonchev–Trinajstić information content (AvgIpc) is 2.46. The first-order valence-corrected chi connectivity index (χ1v) is 10.9. The smallest absolute Gasteiger partial charge is 0.0213 e. The number of allylic oxidation sites excluding steroid dienone is 4. The van der Waals surface area contributed by atoms with Crippen molar-refractivity contribution in [2.45, 2.75) is 79.8 Å². The molecule has 20 heavy (non-hydrogen) atoms. The second kappa shape index (κ2) is 14.8. The van der Waals surface area contributed by atoms with E-state index in [1.54, 1.807) is 0 Å². The SMILES string of the molecule is CC(C)PC(C)C.CC1=[C-]C(C)C(C)=C1C.C[SiH]C.[Ti]. The first-order valence-electron chi connectivity index (χ1n) is 7.45. The molecule has 3 heteroatoms. The molecule has 0 aromatic carbocycles. The van der Waals surface area contributed by atoms with Crippen LogP contribution >= 0.6 is 8.58 Å². The van der Waals surface area contributed by atoms with Crippen molar-refractivity contribution in [3.05, 3.63) is 22.8 Å². The van der Waals surface area contributed by atoms with Crippen molar-refractivity contribution in [1.29, 1.82) is 0 Å². The van der Waals surface area contributed by atoms with Gasteiger partial charge in [0.15, 0.2) is 0 Å². The summed E-state index contributed by atoms with van der Waals surface area (Å²) in [4.78, 5) is 0. The number of rotatable bonds is 2. The van der Waals surface area contributed by atoms with E-state index >= 15 is 0 Å². The summed E-state index contributed by atoms with van der Waals surface area (Å²) in [7, 11) is 1.90. The fraction of sp³-hybridized carbons (Fsp3) is 0.765. The zero-order chi connectivity index (χ0) is 15.6. The van der Waals surface area contributed by atoms with E-state index in [1.807, 2.05) is 0 Å². The number of hydrogen-bond donors (Lipinski definition) is 0. The Bertz CT molecular complexity index is 287. The first kappa shape index (κ1) is 25.8. The molecule has 0 nitrogen and oxygen atoms in total. The molecule has 1 unspecified atom stereocenters. The van der Waals surface area contributed by atoms with Gasteiger partial charge in [0.2, 0.25) is 0 Å². The van der Waals surface area contributed by atoms with Crippen molar-refractivity contribution in [2.75, 3.05) is 0 Å². The van der Waals surface area contributed by atoms with Gasteiger partial charge < -0.3 is 0 Å². The van der Waals surface area contributed by atoms with Gasteiger partial charge in [-0.25, -0.2) is 5.57 Å². The van der Waals surface area contributed by atoms with Gasteiger partial charge in [-0.3, -0.25) is 6.08 Å². The minimum absolute atomic E-state index is 0. The molecule has 0 N–H and O–H groups in total. The molecule has 1 aliphatic carbocycles. The molecule has 0 fully saturated rings. The summed E-state index contributed by atoms with van der Waals surface area (Å²) in [5, 5.41) is 0. The van der Waals surface area contributed by atoms with Crippen molar-refractivity contribution in [2.24, 2.45) is 5.92 Å². The predicted octanol–water partition coefficient (Wildman–Crippen LogP) is 5.72. The molecule has 0 saturated carbocycles. The Balaban J connectivity index is -0.000000238. The van der Waals surface area contributed by atoms with Crippen LogP contribution in [-0.4, -0.2) is 20.8 Å². The van der Waals surface area contributed by atoms with Crippen molar-refractivity contribution in [1.82, 2.24) is 0 Å². The molecule has 0 bridgehead atoms. The van der Waals surface area contributed by atoms with Crippen molar-refractivity contribution >= 4 is 18.1 Å². The maximum absolute atomic E-state index is 3.36. The van der Waals surface area contributed by atoms with Gasteiger partial charge in [0.25, 0.3) is 0 Å². The van der Waals surface area contributed by atoms with Crippen LogP contribution in [0, 0.1) is 12.0 Å². The molecule has 0 heterocycles. The van der Waals surface area contributed by atoms with Crippen LogP contribution < -0.4 is 0 Å². The van der Waals surface area contributed by atoms with Crippen LogP contribution in [-0.2, 0) is 21.7 Å². The summed E-state index contributed by atoms with van der Waals surface area (Å²) in [5.41, 5.74) is 6.05. The third-order valence-corrected chi connectivity index (χ3v) is 4.24. The van der Waals surface area contributed by atoms with E-state index in [0.717, 1.165) is 29.4 Å². The summed E-state index contributed by atoms with van der Waals surface area (Å²) in [5.74, 6) is 0.560. The zero-order valence-electron chi connectivity index (χ0n) is 15.3. The molecule has 1 radical (unpaired) electrons. The van der Waals surface area contributed by atoms with Crippen molar-refractivity contribution < 1.29 is 21.7 Å². The summed E-state index contributed by atoms with van der Waals surface area (Å²) >= 11 is 0. The molecular formula is C17H35PSiTi-. The predicted molar refractivity (Wildman–Crippen MR) is 97.4 cm³/mol. The normalized spacial score (nSPS) is 17.0. The quantitative estimate of drug-likeness (QED) is 0.341. The average molecular weight is 346 g/mol. The van der Waals surface area contributed by atoms with Crippen molar-refractivity contribution in [3.8, 4) is 0 Å². The molecule has 0 saturated heterocycles. The van der Waals surface area contributed by atoms with E-state index < -0.39 is 0 Å². The van der Waals surface area contributed by atoms with Gasteiger partial charge in [-0.05, 0) is 11.3 Å². The van der Waals surface area contributed by atoms with Crippen LogP contribution in [0.1, 0.15) is 55.4 Å². The van der Waals surface area contributed by atoms with Gasteiger partial charge in [-0.15, -0.1) is 15.5 Å². The van der Waals surface area contributed by atoms with Gasteiger partial charge in [0, 0.05) is 31.2 Å². The molecule has 0 aromatic heterocycles. The van der Waals surface area contributed by atoms with E-state index in [-0.39, 0.29) is 21.7 Å². The van der Waals surface area contributed by atoms with Gasteiger partial charge in [-0.1, -0.05) is 67.5 Å². The Labute approximate surface area is 148 Å². The van der Waals surface area contributed by atoms with E-state index in [0.29, 0.717) is 5.92 Å². The summed E-state index contributed by atoms with van der Waals surface area (Å²) in [6.07, 6.45) is 3.36. The molecule has 0 aromatic rings. The van der Waals surface area contributed by atoms with Crippen LogP contribution in [0.2, 0.25) is 13.1 Å². The van der Waals surface area contributed by atoms with E-state index in [2.05, 4.69) is 74.6 Å². The monoisotopic (exact) mass is 346 g/mol. The van der Waals surface area contributed by atoms with E-state index in [9.17, 15) is 0 Å². The zero-order valence-corrected chi connectivity index (χ0v) is 19.0. The second-order valence-corrected chi connectivity index (χ2v) is 9.65. The second-order valence-electron chi connectivity index (χ2n) is 5.85. The third kappa shape index (κ3) is 13.8. The third-order valence-electron chi connectivity index (χ3n) is 2.90. The Kier molecular flexibility index (Phi) is 19.0. The standard InChI is InChI=1S/C9H13.C6H15P.C2H7Si.Ti/c1-6-5-7(2)9(4)8(6)3;1-5(2)7-6(3)4;1-3-2;/h6H,1-4H3;5-7H,1-4H3;3H,1-2H3;/q-1;;;. The Morgan fingerprint density at radius 3 is 1.40 bits per heavy atom. The Morgan fingerprint density at radius 2 is 1.35 bits per heavy atom. The minimum Gasteiger partial charge on any atom is -0.266 e. The molecular weight excluding hydrogens is 311 g/mol. The van der Waals surface area contributed by atoms with E-state index in [4.69, 9.17) is 0 Å². The fourth-order valence-electron chi connectivity index (χ4n) is 1.83. The summed E-state index contributed by atoms with van der Waals surface area (Å²) in [6.45, 7) is 22.2. The molecule has 0 aliphatic heterocycles. The molecule has 0 spiro atoms. The molecule has 1 aliphatic rings. The van der Waals surface area contributed by atoms with Crippen LogP contribution in [0.15, 0.2) is 16.7 Å². The topological polar surface area (TPSA) is 0 Å². The first-order chi connectivity index (χ1) is 8.67. The van der Waals surface area contributed by atoms with Crippen LogP contribution in [0.3, 0.4) is 0 Å². The van der Waals surface area contributed by atoms with Gasteiger partial charge in [-0.2, -0.15) is 11.1 Å². The van der Waals surface area contributed by atoms with Crippen LogP contribution in [0.4, 0.5) is 0 Å². The van der Waals surface area contributed by atoms with Gasteiger partial charge in [0.1, 0.15) is 0 Å². The Morgan fingerprint density at radius 1 is 1.00 bits per heavy atom. The van der Waals surface area contributed by atoms with Crippen LogP contribution in [0.25, 0.3) is 0 Å². The fourth-order valence-corrected chi connectivity index (χ4v) is 3.16. The molecule has 0 amide bonds. The summed E-state index contributed by atoms with van der Waals surface area (Å²) in [6, 6.07) is 0. The molecule has 1 rings (SSSR count). The molecule has 1 atom stereocenters. The number of hydrogen-bond acceptors (Lipinski definition) is 0. The minimum atomic E-state index is 0. The maximum atomic E-state index is 3.36. The Hall–Kier alpha value is 0.841. The van der Waals surface area contributed by atoms with Crippen molar-refractivity contribution in [3.63, 3.8) is 0 Å². The van der Waals surface area contributed by atoms with E-state index in [1.165, 1.54) is 16.7 Å². The van der Waals surface area contributed by atoms with Gasteiger partial charge >= 0.3 is 0 Å². The largest absolute Gasteiger partial charge is 0.266 e. The van der Waals surface area contributed by atoms with Crippen LogP contribution in [0.5, 0.6) is 0 Å². The molecule has 117 valence electrons.